The van der Waals surface area contributed by atoms with Crippen LogP contribution < -0.4 is 10.2 Å². The van der Waals surface area contributed by atoms with Crippen molar-refractivity contribution in [2.45, 2.75) is 38.8 Å². The summed E-state index contributed by atoms with van der Waals surface area (Å²) in [7, 11) is 0. The molecule has 0 amide bonds. The molecule has 16 heavy (non-hydrogen) atoms. The van der Waals surface area contributed by atoms with Crippen LogP contribution in [0.15, 0.2) is 18.7 Å². The predicted molar refractivity (Wildman–Crippen MR) is 65.5 cm³/mol. The molecular formula is C12H20N4. The van der Waals surface area contributed by atoms with E-state index in [1.165, 1.54) is 12.8 Å². The lowest BCUT2D eigenvalue weighted by atomic mass is 9.98. The highest BCUT2D eigenvalue weighted by atomic mass is 15.2. The van der Waals surface area contributed by atoms with Gasteiger partial charge in [-0.25, -0.2) is 9.97 Å². The Bertz CT molecular complexity index is 314. The van der Waals surface area contributed by atoms with E-state index in [-0.39, 0.29) is 0 Å². The van der Waals surface area contributed by atoms with Gasteiger partial charge in [0.2, 0.25) is 0 Å². The Morgan fingerprint density at radius 2 is 2.19 bits per heavy atom. The van der Waals surface area contributed by atoms with Crippen LogP contribution in [0.4, 0.5) is 5.69 Å². The van der Waals surface area contributed by atoms with E-state index in [1.807, 2.05) is 12.4 Å². The number of anilines is 1. The maximum Gasteiger partial charge on any atom is 0.115 e. The van der Waals surface area contributed by atoms with Gasteiger partial charge in [-0.2, -0.15) is 0 Å². The van der Waals surface area contributed by atoms with Gasteiger partial charge in [0.1, 0.15) is 6.33 Å². The van der Waals surface area contributed by atoms with E-state index in [0.29, 0.717) is 12.1 Å². The first-order valence-electron chi connectivity index (χ1n) is 6.06. The van der Waals surface area contributed by atoms with E-state index in [0.717, 1.165) is 18.8 Å². The summed E-state index contributed by atoms with van der Waals surface area (Å²) in [6, 6.07) is 1.23. The molecule has 0 radical (unpaired) electrons. The standard InChI is InChI=1S/C12H20N4/c1-3-15-11-4-5-16(10(2)6-11)12-7-13-9-14-8-12/h7-11,15H,3-6H2,1-2H3. The normalized spacial score (nSPS) is 25.8. The average molecular weight is 220 g/mol. The molecule has 1 aliphatic rings. The minimum atomic E-state index is 0.559. The molecule has 4 heteroatoms. The van der Waals surface area contributed by atoms with Crippen LogP contribution in [-0.4, -0.2) is 35.1 Å². The van der Waals surface area contributed by atoms with Crippen LogP contribution in [-0.2, 0) is 0 Å². The third-order valence-corrected chi connectivity index (χ3v) is 3.25. The summed E-state index contributed by atoms with van der Waals surface area (Å²) < 4.78 is 0. The molecule has 0 aromatic carbocycles. The third kappa shape index (κ3) is 2.50. The molecule has 1 N–H and O–H groups in total. The number of nitrogens with one attached hydrogen (secondary N) is 1. The van der Waals surface area contributed by atoms with E-state index in [2.05, 4.69) is 34.0 Å². The summed E-state index contributed by atoms with van der Waals surface area (Å²) in [6.07, 6.45) is 7.78. The van der Waals surface area contributed by atoms with Crippen molar-refractivity contribution >= 4 is 5.69 Å². The Hall–Kier alpha value is -1.16. The van der Waals surface area contributed by atoms with Gasteiger partial charge in [-0.1, -0.05) is 6.92 Å². The van der Waals surface area contributed by atoms with Crippen LogP contribution in [0.1, 0.15) is 26.7 Å². The van der Waals surface area contributed by atoms with Crippen molar-refractivity contribution in [2.24, 2.45) is 0 Å². The van der Waals surface area contributed by atoms with E-state index in [9.17, 15) is 0 Å². The van der Waals surface area contributed by atoms with Crippen LogP contribution >= 0.6 is 0 Å². The van der Waals surface area contributed by atoms with Crippen LogP contribution in [0.3, 0.4) is 0 Å². The smallest absolute Gasteiger partial charge is 0.115 e. The van der Waals surface area contributed by atoms with E-state index in [4.69, 9.17) is 0 Å². The Balaban J connectivity index is 1.99. The molecule has 0 saturated carbocycles. The van der Waals surface area contributed by atoms with Gasteiger partial charge >= 0.3 is 0 Å². The van der Waals surface area contributed by atoms with Crippen LogP contribution in [0.5, 0.6) is 0 Å². The summed E-state index contributed by atoms with van der Waals surface area (Å²) in [4.78, 5) is 10.6. The first kappa shape index (κ1) is 11.3. The molecule has 4 nitrogen and oxygen atoms in total. The molecule has 2 rings (SSSR count). The van der Waals surface area contributed by atoms with Crippen molar-refractivity contribution < 1.29 is 0 Å². The zero-order valence-corrected chi connectivity index (χ0v) is 10.1. The molecule has 0 bridgehead atoms. The lowest BCUT2D eigenvalue weighted by Gasteiger charge is -2.39. The second-order valence-electron chi connectivity index (χ2n) is 4.42. The maximum atomic E-state index is 4.08. The van der Waals surface area contributed by atoms with Gasteiger partial charge in [0.25, 0.3) is 0 Å². The number of nitrogens with zero attached hydrogens (tertiary/aromatic N) is 3. The van der Waals surface area contributed by atoms with Gasteiger partial charge in [-0.05, 0) is 26.3 Å². The first-order valence-corrected chi connectivity index (χ1v) is 6.06. The number of aromatic nitrogens is 2. The average Bonchev–Trinajstić information content (AvgIpc) is 2.31. The molecule has 1 aromatic heterocycles. The summed E-state index contributed by atoms with van der Waals surface area (Å²) in [5.74, 6) is 0. The molecule has 0 aliphatic carbocycles. The molecular weight excluding hydrogens is 200 g/mol. The van der Waals surface area contributed by atoms with Crippen LogP contribution in [0.2, 0.25) is 0 Å². The number of hydrogen-bond donors (Lipinski definition) is 1. The predicted octanol–water partition coefficient (Wildman–Crippen LogP) is 1.44. The van der Waals surface area contributed by atoms with Crippen molar-refractivity contribution in [1.29, 1.82) is 0 Å². The summed E-state index contributed by atoms with van der Waals surface area (Å²) in [5, 5.41) is 3.53. The fourth-order valence-corrected chi connectivity index (χ4v) is 2.47. The summed E-state index contributed by atoms with van der Waals surface area (Å²) in [6.45, 7) is 6.59. The molecule has 2 heterocycles. The monoisotopic (exact) mass is 220 g/mol. The number of hydrogen-bond acceptors (Lipinski definition) is 4. The molecule has 1 saturated heterocycles. The molecule has 2 unspecified atom stereocenters. The maximum absolute atomic E-state index is 4.08. The van der Waals surface area contributed by atoms with Crippen molar-refractivity contribution in [2.75, 3.05) is 18.0 Å². The zero-order chi connectivity index (χ0) is 11.4. The van der Waals surface area contributed by atoms with Gasteiger partial charge < -0.3 is 10.2 Å². The topological polar surface area (TPSA) is 41.0 Å². The largest absolute Gasteiger partial charge is 0.366 e. The van der Waals surface area contributed by atoms with E-state index >= 15 is 0 Å². The fraction of sp³-hybridized carbons (Fsp3) is 0.667. The number of piperidine rings is 1. The Morgan fingerprint density at radius 3 is 2.81 bits per heavy atom. The lowest BCUT2D eigenvalue weighted by molar-refractivity contribution is 0.374. The zero-order valence-electron chi connectivity index (χ0n) is 10.1. The molecule has 88 valence electrons. The van der Waals surface area contributed by atoms with Crippen LogP contribution in [0, 0.1) is 0 Å². The summed E-state index contributed by atoms with van der Waals surface area (Å²) in [5.41, 5.74) is 1.14. The highest BCUT2D eigenvalue weighted by molar-refractivity contribution is 5.43. The van der Waals surface area contributed by atoms with Gasteiger partial charge in [0, 0.05) is 18.6 Å². The first-order chi connectivity index (χ1) is 7.81. The van der Waals surface area contributed by atoms with E-state index < -0.39 is 0 Å². The van der Waals surface area contributed by atoms with Gasteiger partial charge in [0.05, 0.1) is 18.1 Å². The van der Waals surface area contributed by atoms with E-state index in [1.54, 1.807) is 6.33 Å². The Labute approximate surface area is 97.1 Å². The van der Waals surface area contributed by atoms with Gasteiger partial charge in [-0.15, -0.1) is 0 Å². The van der Waals surface area contributed by atoms with Crippen molar-refractivity contribution in [3.8, 4) is 0 Å². The second-order valence-corrected chi connectivity index (χ2v) is 4.42. The fourth-order valence-electron chi connectivity index (χ4n) is 2.47. The minimum absolute atomic E-state index is 0.559. The summed E-state index contributed by atoms with van der Waals surface area (Å²) >= 11 is 0. The molecule has 1 fully saturated rings. The van der Waals surface area contributed by atoms with Crippen molar-refractivity contribution in [1.82, 2.24) is 15.3 Å². The van der Waals surface area contributed by atoms with Gasteiger partial charge in [-0.3, -0.25) is 0 Å². The van der Waals surface area contributed by atoms with Gasteiger partial charge in [0.15, 0.2) is 0 Å². The highest BCUT2D eigenvalue weighted by Gasteiger charge is 2.25. The van der Waals surface area contributed by atoms with Crippen molar-refractivity contribution in [3.05, 3.63) is 18.7 Å². The highest BCUT2D eigenvalue weighted by Crippen LogP contribution is 2.23. The van der Waals surface area contributed by atoms with Crippen molar-refractivity contribution in [3.63, 3.8) is 0 Å². The Kier molecular flexibility index (Phi) is 3.72. The SMILES string of the molecule is CCNC1CCN(c2cncnc2)C(C)C1. The number of rotatable bonds is 3. The second kappa shape index (κ2) is 5.25. The minimum Gasteiger partial charge on any atom is -0.366 e. The molecule has 0 spiro atoms. The third-order valence-electron chi connectivity index (χ3n) is 3.25. The Morgan fingerprint density at radius 1 is 1.44 bits per heavy atom. The molecule has 2 atom stereocenters. The molecule has 1 aromatic rings. The van der Waals surface area contributed by atoms with Crippen LogP contribution in [0.25, 0.3) is 0 Å². The quantitative estimate of drug-likeness (QED) is 0.837. The lowest BCUT2D eigenvalue weighted by Crippen LogP contribution is -2.47. The molecule has 1 aliphatic heterocycles.